The van der Waals surface area contributed by atoms with E-state index >= 15 is 0 Å². The first-order valence-electron chi connectivity index (χ1n) is 4.55. The highest BCUT2D eigenvalue weighted by atomic mass is 19.3. The van der Waals surface area contributed by atoms with Crippen molar-refractivity contribution in [2.75, 3.05) is 0 Å². The molecule has 0 saturated heterocycles. The molecule has 1 aromatic carbocycles. The maximum absolute atomic E-state index is 12.9. The predicted molar refractivity (Wildman–Crippen MR) is 47.2 cm³/mol. The van der Waals surface area contributed by atoms with Gasteiger partial charge >= 0.3 is 24.2 Å². The van der Waals surface area contributed by atoms with Gasteiger partial charge in [-0.05, 0) is 24.3 Å². The lowest BCUT2D eigenvalue weighted by atomic mass is 10.1. The molecule has 4 nitrogen and oxygen atoms in total. The highest BCUT2D eigenvalue weighted by Crippen LogP contribution is 2.38. The quantitative estimate of drug-likeness (QED) is 0.532. The molecule has 0 fully saturated rings. The number of rotatable bonds is 0. The SMILES string of the molecule is O=C1OC(F)(F)C(F)(F)OC(=O)c2ccc1cc2. The van der Waals surface area contributed by atoms with Gasteiger partial charge in [-0.25, -0.2) is 9.59 Å². The van der Waals surface area contributed by atoms with Crippen molar-refractivity contribution in [1.29, 1.82) is 0 Å². The van der Waals surface area contributed by atoms with E-state index in [1.807, 2.05) is 0 Å². The second-order valence-corrected chi connectivity index (χ2v) is 3.39. The van der Waals surface area contributed by atoms with Crippen LogP contribution in [0.3, 0.4) is 0 Å². The van der Waals surface area contributed by atoms with Gasteiger partial charge in [-0.1, -0.05) is 0 Å². The second-order valence-electron chi connectivity index (χ2n) is 3.39. The average Bonchev–Trinajstić information content (AvgIpc) is 2.26. The summed E-state index contributed by atoms with van der Waals surface area (Å²) in [4.78, 5) is 22.3. The van der Waals surface area contributed by atoms with Gasteiger partial charge in [0.25, 0.3) is 0 Å². The van der Waals surface area contributed by atoms with Crippen LogP contribution in [0.1, 0.15) is 20.7 Å². The van der Waals surface area contributed by atoms with Gasteiger partial charge < -0.3 is 9.47 Å². The summed E-state index contributed by atoms with van der Waals surface area (Å²) >= 11 is 0. The molecular formula is C10H4F4O4. The zero-order chi connectivity index (χ0) is 13.6. The van der Waals surface area contributed by atoms with Crippen molar-refractivity contribution >= 4 is 11.9 Å². The number of carbonyl (C=O) groups is 2. The molecule has 0 amide bonds. The summed E-state index contributed by atoms with van der Waals surface area (Å²) < 4.78 is 58.5. The van der Waals surface area contributed by atoms with Crippen LogP contribution in [0.4, 0.5) is 17.6 Å². The Labute approximate surface area is 97.1 Å². The summed E-state index contributed by atoms with van der Waals surface area (Å²) in [6.07, 6.45) is -10.5. The number of esters is 2. The molecule has 2 aliphatic heterocycles. The Morgan fingerprint density at radius 3 is 1.28 bits per heavy atom. The van der Waals surface area contributed by atoms with Crippen LogP contribution in [-0.2, 0) is 9.47 Å². The number of benzene rings is 1. The van der Waals surface area contributed by atoms with E-state index in [2.05, 4.69) is 9.47 Å². The lowest BCUT2D eigenvalue weighted by molar-refractivity contribution is -0.396. The van der Waals surface area contributed by atoms with Crippen LogP contribution >= 0.6 is 0 Å². The summed E-state index contributed by atoms with van der Waals surface area (Å²) in [6.45, 7) is 0. The molecule has 1 aromatic rings. The fourth-order valence-electron chi connectivity index (χ4n) is 1.21. The number of hydrogen-bond acceptors (Lipinski definition) is 4. The molecule has 2 bridgehead atoms. The predicted octanol–water partition coefficient (Wildman–Crippen LogP) is 2.20. The van der Waals surface area contributed by atoms with Gasteiger partial charge in [0.1, 0.15) is 0 Å². The van der Waals surface area contributed by atoms with E-state index in [0.29, 0.717) is 0 Å². The molecule has 2 aliphatic rings. The average molecular weight is 264 g/mol. The smallest absolute Gasteiger partial charge is 0.389 e. The Morgan fingerprint density at radius 1 is 0.722 bits per heavy atom. The van der Waals surface area contributed by atoms with E-state index in [-0.39, 0.29) is 11.1 Å². The van der Waals surface area contributed by atoms with E-state index in [1.165, 1.54) is 0 Å². The fraction of sp³-hybridized carbons (Fsp3) is 0.200. The van der Waals surface area contributed by atoms with E-state index in [9.17, 15) is 27.2 Å². The summed E-state index contributed by atoms with van der Waals surface area (Å²) in [7, 11) is 0. The monoisotopic (exact) mass is 264 g/mol. The minimum absolute atomic E-state index is 0.385. The Kier molecular flexibility index (Phi) is 2.53. The Hall–Kier alpha value is -2.12. The number of halogens is 4. The van der Waals surface area contributed by atoms with Gasteiger partial charge in [-0.2, -0.15) is 17.6 Å². The van der Waals surface area contributed by atoms with E-state index in [1.54, 1.807) is 0 Å². The normalized spacial score (nSPS) is 21.1. The van der Waals surface area contributed by atoms with Crippen LogP contribution in [0.25, 0.3) is 0 Å². The first-order chi connectivity index (χ1) is 8.23. The zero-order valence-corrected chi connectivity index (χ0v) is 8.45. The molecule has 0 aromatic heterocycles. The molecule has 8 heteroatoms. The van der Waals surface area contributed by atoms with Crippen LogP contribution in [0.15, 0.2) is 24.3 Å². The minimum Gasteiger partial charge on any atom is -0.389 e. The lowest BCUT2D eigenvalue weighted by Gasteiger charge is -2.25. The van der Waals surface area contributed by atoms with Gasteiger partial charge in [0.2, 0.25) is 0 Å². The van der Waals surface area contributed by atoms with Crippen LogP contribution in [0.2, 0.25) is 0 Å². The van der Waals surface area contributed by atoms with Crippen LogP contribution in [-0.4, -0.2) is 24.2 Å². The van der Waals surface area contributed by atoms with Crippen molar-refractivity contribution in [3.05, 3.63) is 35.4 Å². The standard InChI is InChI=1S/C10H4F4O4/c11-9(12)10(13,14)18-8(16)6-2-1-5(3-4-6)7(15)17-9/h1-4H. The molecule has 0 unspecified atom stereocenters. The molecule has 0 radical (unpaired) electrons. The molecule has 0 aliphatic carbocycles. The van der Waals surface area contributed by atoms with Gasteiger partial charge in [-0.15, -0.1) is 0 Å². The molecular weight excluding hydrogens is 260 g/mol. The third kappa shape index (κ3) is 1.89. The van der Waals surface area contributed by atoms with Gasteiger partial charge in [0.15, 0.2) is 0 Å². The van der Waals surface area contributed by atoms with E-state index < -0.39 is 24.2 Å². The molecule has 0 spiro atoms. The highest BCUT2D eigenvalue weighted by molar-refractivity contribution is 5.94. The van der Waals surface area contributed by atoms with Crippen molar-refractivity contribution in [2.45, 2.75) is 12.2 Å². The lowest BCUT2D eigenvalue weighted by Crippen LogP contribution is -2.47. The maximum Gasteiger partial charge on any atom is 0.510 e. The Balaban J connectivity index is 2.53. The zero-order valence-electron chi connectivity index (χ0n) is 8.45. The largest absolute Gasteiger partial charge is 0.510 e. The number of hydrogen-bond donors (Lipinski definition) is 0. The number of ether oxygens (including phenoxy) is 2. The van der Waals surface area contributed by atoms with E-state index in [4.69, 9.17) is 0 Å². The fourth-order valence-corrected chi connectivity index (χ4v) is 1.21. The molecule has 0 N–H and O–H groups in total. The molecule has 0 atom stereocenters. The summed E-state index contributed by atoms with van der Waals surface area (Å²) in [5.41, 5.74) is -0.771. The number of alkyl halides is 4. The summed E-state index contributed by atoms with van der Waals surface area (Å²) in [5, 5.41) is 0. The first kappa shape index (κ1) is 12.3. The second kappa shape index (κ2) is 3.69. The van der Waals surface area contributed by atoms with Crippen molar-refractivity contribution < 1.29 is 36.6 Å². The van der Waals surface area contributed by atoms with Crippen LogP contribution in [0, 0.1) is 0 Å². The van der Waals surface area contributed by atoms with Crippen molar-refractivity contribution in [3.8, 4) is 0 Å². The molecule has 2 heterocycles. The third-order valence-corrected chi connectivity index (χ3v) is 2.14. The topological polar surface area (TPSA) is 52.6 Å². The molecule has 3 rings (SSSR count). The Morgan fingerprint density at radius 2 is 1.00 bits per heavy atom. The number of fused-ring (bicyclic) bond motifs is 7. The van der Waals surface area contributed by atoms with Crippen LogP contribution in [0.5, 0.6) is 0 Å². The summed E-state index contributed by atoms with van der Waals surface area (Å²) in [5.74, 6) is -3.30. The Bertz CT molecular complexity index is 462. The first-order valence-corrected chi connectivity index (χ1v) is 4.55. The van der Waals surface area contributed by atoms with Crippen molar-refractivity contribution in [1.82, 2.24) is 0 Å². The van der Waals surface area contributed by atoms with E-state index in [0.717, 1.165) is 24.3 Å². The van der Waals surface area contributed by atoms with Crippen molar-refractivity contribution in [3.63, 3.8) is 0 Å². The van der Waals surface area contributed by atoms with Gasteiger partial charge in [-0.3, -0.25) is 0 Å². The minimum atomic E-state index is -5.24. The third-order valence-electron chi connectivity index (χ3n) is 2.14. The molecule has 96 valence electrons. The van der Waals surface area contributed by atoms with Gasteiger partial charge in [0.05, 0.1) is 11.1 Å². The molecule has 0 saturated carbocycles. The maximum atomic E-state index is 12.9. The van der Waals surface area contributed by atoms with Crippen molar-refractivity contribution in [2.24, 2.45) is 0 Å². The van der Waals surface area contributed by atoms with Gasteiger partial charge in [0, 0.05) is 0 Å². The summed E-state index contributed by atoms with van der Waals surface area (Å²) in [6, 6.07) is 3.94. The molecule has 18 heavy (non-hydrogen) atoms. The number of carbonyl (C=O) groups excluding carboxylic acids is 2. The van der Waals surface area contributed by atoms with Crippen LogP contribution < -0.4 is 0 Å². The highest BCUT2D eigenvalue weighted by Gasteiger charge is 2.65.